The molecule has 2 aromatic rings. The molecule has 0 bridgehead atoms. The molecule has 1 atom stereocenters. The Morgan fingerprint density at radius 2 is 1.70 bits per heavy atom. The van der Waals surface area contributed by atoms with Crippen molar-refractivity contribution in [3.63, 3.8) is 0 Å². The molecule has 0 aliphatic heterocycles. The Bertz CT molecular complexity index is 622. The summed E-state index contributed by atoms with van der Waals surface area (Å²) in [6.45, 7) is 6.00. The molecule has 0 aromatic heterocycles. The molecule has 0 saturated heterocycles. The number of aliphatic hydroxyl groups is 1. The fourth-order valence-corrected chi connectivity index (χ4v) is 3.03. The maximum Gasteiger partial charge on any atom is 0.0762 e. The first kappa shape index (κ1) is 15.1. The smallest absolute Gasteiger partial charge is 0.0762 e. The minimum Gasteiger partial charge on any atom is -0.389 e. The van der Waals surface area contributed by atoms with Gasteiger partial charge in [0.15, 0.2) is 0 Å². The van der Waals surface area contributed by atoms with E-state index in [4.69, 9.17) is 0 Å². The molecule has 106 valence electrons. The Kier molecular flexibility index (Phi) is 4.51. The van der Waals surface area contributed by atoms with E-state index in [0.29, 0.717) is 0 Å². The second-order valence-electron chi connectivity index (χ2n) is 5.24. The summed E-state index contributed by atoms with van der Waals surface area (Å²) in [5, 5.41) is 9.63. The van der Waals surface area contributed by atoms with Gasteiger partial charge in [-0.15, -0.1) is 0 Å². The van der Waals surface area contributed by atoms with Crippen LogP contribution in [-0.4, -0.2) is 12.2 Å². The minimum atomic E-state index is -0.452. The van der Waals surface area contributed by atoms with Gasteiger partial charge in [0.2, 0.25) is 0 Å². The van der Waals surface area contributed by atoms with Gasteiger partial charge in [0.1, 0.15) is 0 Å². The molecule has 1 N–H and O–H groups in total. The first-order valence-corrected chi connectivity index (χ1v) is 7.48. The van der Waals surface area contributed by atoms with Crippen molar-refractivity contribution in [1.82, 2.24) is 0 Å². The van der Waals surface area contributed by atoms with Gasteiger partial charge in [-0.3, -0.25) is 0 Å². The third-order valence-electron chi connectivity index (χ3n) is 3.53. The molecule has 0 amide bonds. The predicted molar refractivity (Wildman–Crippen MR) is 88.8 cm³/mol. The molecular formula is C17H20BrNO. The number of halogens is 1. The summed E-state index contributed by atoms with van der Waals surface area (Å²) in [7, 11) is 2.06. The fourth-order valence-electron chi connectivity index (χ4n) is 2.37. The summed E-state index contributed by atoms with van der Waals surface area (Å²) in [5.74, 6) is 0. The number of hydrogen-bond acceptors (Lipinski definition) is 2. The van der Waals surface area contributed by atoms with Gasteiger partial charge in [-0.05, 0) is 66.0 Å². The highest BCUT2D eigenvalue weighted by molar-refractivity contribution is 9.10. The van der Waals surface area contributed by atoms with Crippen LogP contribution >= 0.6 is 15.9 Å². The van der Waals surface area contributed by atoms with Gasteiger partial charge in [-0.25, -0.2) is 0 Å². The third kappa shape index (κ3) is 3.05. The third-order valence-corrected chi connectivity index (χ3v) is 4.16. The maximum absolute atomic E-state index is 9.63. The monoisotopic (exact) mass is 333 g/mol. The van der Waals surface area contributed by atoms with Crippen molar-refractivity contribution < 1.29 is 5.11 Å². The number of hydrogen-bond donors (Lipinski definition) is 1. The number of benzene rings is 2. The molecule has 0 saturated carbocycles. The molecule has 3 heteroatoms. The van der Waals surface area contributed by atoms with Gasteiger partial charge in [0, 0.05) is 17.2 Å². The second-order valence-corrected chi connectivity index (χ2v) is 6.09. The van der Waals surface area contributed by atoms with Crippen molar-refractivity contribution in [2.24, 2.45) is 0 Å². The zero-order chi connectivity index (χ0) is 14.9. The zero-order valence-electron chi connectivity index (χ0n) is 12.3. The van der Waals surface area contributed by atoms with Crippen LogP contribution in [0.3, 0.4) is 0 Å². The van der Waals surface area contributed by atoms with Gasteiger partial charge < -0.3 is 10.0 Å². The number of aryl methyl sites for hydroxylation is 2. The first-order chi connectivity index (χ1) is 9.40. The van der Waals surface area contributed by atoms with Crippen molar-refractivity contribution in [3.05, 3.63) is 57.6 Å². The molecule has 2 rings (SSSR count). The summed E-state index contributed by atoms with van der Waals surface area (Å²) in [4.78, 5) is 2.16. The molecule has 0 aliphatic carbocycles. The number of anilines is 2. The lowest BCUT2D eigenvalue weighted by Crippen LogP contribution is -2.12. The van der Waals surface area contributed by atoms with E-state index in [-0.39, 0.29) is 0 Å². The molecule has 2 nitrogen and oxygen atoms in total. The fraction of sp³-hybridized carbons (Fsp3) is 0.294. The van der Waals surface area contributed by atoms with E-state index in [1.54, 1.807) is 6.92 Å². The largest absolute Gasteiger partial charge is 0.389 e. The van der Waals surface area contributed by atoms with Crippen LogP contribution in [0.4, 0.5) is 11.4 Å². The quantitative estimate of drug-likeness (QED) is 0.864. The van der Waals surface area contributed by atoms with E-state index in [9.17, 15) is 5.11 Å². The number of aliphatic hydroxyl groups excluding tert-OH is 1. The number of nitrogens with zero attached hydrogens (tertiary/aromatic N) is 1. The molecule has 0 heterocycles. The summed E-state index contributed by atoms with van der Waals surface area (Å²) in [6.07, 6.45) is -0.452. The van der Waals surface area contributed by atoms with E-state index in [1.807, 2.05) is 18.2 Å². The summed E-state index contributed by atoms with van der Waals surface area (Å²) in [5.41, 5.74) is 5.69. The lowest BCUT2D eigenvalue weighted by molar-refractivity contribution is 0.199. The van der Waals surface area contributed by atoms with Crippen LogP contribution in [0.5, 0.6) is 0 Å². The Balaban J connectivity index is 2.40. The lowest BCUT2D eigenvalue weighted by atomic mass is 10.1. The Morgan fingerprint density at radius 3 is 2.25 bits per heavy atom. The number of rotatable bonds is 3. The van der Waals surface area contributed by atoms with E-state index in [1.165, 1.54) is 16.8 Å². The SMILES string of the molecule is Cc1ccc(N(C)c2ccc([C@@H](C)O)cc2Br)c(C)c1. The van der Waals surface area contributed by atoms with Gasteiger partial charge in [-0.1, -0.05) is 23.8 Å². The zero-order valence-corrected chi connectivity index (χ0v) is 13.9. The molecule has 0 unspecified atom stereocenters. The van der Waals surface area contributed by atoms with Crippen LogP contribution in [0.2, 0.25) is 0 Å². The van der Waals surface area contributed by atoms with Gasteiger partial charge >= 0.3 is 0 Å². The first-order valence-electron chi connectivity index (χ1n) is 6.68. The van der Waals surface area contributed by atoms with E-state index < -0.39 is 6.10 Å². The highest BCUT2D eigenvalue weighted by Gasteiger charge is 2.12. The predicted octanol–water partition coefficient (Wildman–Crippen LogP) is 4.89. The van der Waals surface area contributed by atoms with E-state index >= 15 is 0 Å². The molecular weight excluding hydrogens is 314 g/mol. The van der Waals surface area contributed by atoms with Crippen LogP contribution in [0, 0.1) is 13.8 Å². The molecule has 0 radical (unpaired) electrons. The topological polar surface area (TPSA) is 23.5 Å². The van der Waals surface area contributed by atoms with Gasteiger partial charge in [0.05, 0.1) is 11.8 Å². The van der Waals surface area contributed by atoms with E-state index in [0.717, 1.165) is 15.7 Å². The van der Waals surface area contributed by atoms with Crippen molar-refractivity contribution >= 4 is 27.3 Å². The lowest BCUT2D eigenvalue weighted by Gasteiger charge is -2.24. The van der Waals surface area contributed by atoms with Gasteiger partial charge in [-0.2, -0.15) is 0 Å². The molecule has 0 aliphatic rings. The van der Waals surface area contributed by atoms with Crippen LogP contribution in [0.25, 0.3) is 0 Å². The summed E-state index contributed by atoms with van der Waals surface area (Å²) >= 11 is 3.60. The standard InChI is InChI=1S/C17H20BrNO/c1-11-5-7-16(12(2)9-11)19(4)17-8-6-14(13(3)20)10-15(17)18/h5-10,13,20H,1-4H3/t13-/m1/s1. The molecule has 2 aromatic carbocycles. The van der Waals surface area contributed by atoms with Crippen LogP contribution in [-0.2, 0) is 0 Å². The normalized spacial score (nSPS) is 12.3. The highest BCUT2D eigenvalue weighted by Crippen LogP contribution is 2.34. The second kappa shape index (κ2) is 5.98. The van der Waals surface area contributed by atoms with Crippen molar-refractivity contribution in [1.29, 1.82) is 0 Å². The van der Waals surface area contributed by atoms with Crippen LogP contribution < -0.4 is 4.90 Å². The summed E-state index contributed by atoms with van der Waals surface area (Å²) < 4.78 is 0.985. The highest BCUT2D eigenvalue weighted by atomic mass is 79.9. The maximum atomic E-state index is 9.63. The average Bonchev–Trinajstić information content (AvgIpc) is 2.37. The Labute approximate surface area is 129 Å². The van der Waals surface area contributed by atoms with Gasteiger partial charge in [0.25, 0.3) is 0 Å². The molecule has 0 spiro atoms. The van der Waals surface area contributed by atoms with Crippen molar-refractivity contribution in [2.75, 3.05) is 11.9 Å². The molecule has 20 heavy (non-hydrogen) atoms. The van der Waals surface area contributed by atoms with E-state index in [2.05, 4.69) is 59.9 Å². The average molecular weight is 334 g/mol. The Morgan fingerprint density at radius 1 is 1.05 bits per heavy atom. The van der Waals surface area contributed by atoms with Crippen molar-refractivity contribution in [2.45, 2.75) is 26.9 Å². The summed E-state index contributed by atoms with van der Waals surface area (Å²) in [6, 6.07) is 12.4. The van der Waals surface area contributed by atoms with Crippen LogP contribution in [0.15, 0.2) is 40.9 Å². The molecule has 0 fully saturated rings. The minimum absolute atomic E-state index is 0.452. The Hall–Kier alpha value is -1.32. The van der Waals surface area contributed by atoms with Crippen LogP contribution in [0.1, 0.15) is 29.7 Å². The van der Waals surface area contributed by atoms with Crippen molar-refractivity contribution in [3.8, 4) is 0 Å².